The van der Waals surface area contributed by atoms with E-state index in [0.717, 1.165) is 0 Å². The summed E-state index contributed by atoms with van der Waals surface area (Å²) in [6.07, 6.45) is 0. The molecule has 0 saturated heterocycles. The maximum atomic E-state index is 4.38. The highest BCUT2D eigenvalue weighted by Gasteiger charge is 2.14. The third kappa shape index (κ3) is 2.22. The third-order valence-electron chi connectivity index (χ3n) is 1.09. The molecule has 0 fully saturated rings. The Morgan fingerprint density at radius 1 is 1.44 bits per heavy atom. The number of nitrogens with zero attached hydrogens (tertiary/aromatic N) is 1. The van der Waals surface area contributed by atoms with Gasteiger partial charge in [0.25, 0.3) is 0 Å². The van der Waals surface area contributed by atoms with Crippen LogP contribution in [-0.4, -0.2) is 15.0 Å². The molecule has 0 unspecified atom stereocenters. The van der Waals surface area contributed by atoms with Gasteiger partial charge in [-0.15, -0.1) is 11.8 Å². The Hall–Kier alpha value is 0.370. The van der Waals surface area contributed by atoms with Crippen LogP contribution in [0.2, 0.25) is 0 Å². The molecular weight excluding hydrogens is 150 g/mol. The van der Waals surface area contributed by atoms with Crippen LogP contribution in [0.4, 0.5) is 0 Å². The second kappa shape index (κ2) is 2.97. The van der Waals surface area contributed by atoms with Gasteiger partial charge in [-0.05, 0) is 20.8 Å². The molecule has 0 aliphatic carbocycles. The molecule has 0 N–H and O–H groups in total. The van der Waals surface area contributed by atoms with Gasteiger partial charge < -0.3 is 0 Å². The fraction of sp³-hybridized carbons (Fsp3) is 0.833. The molecule has 1 heterocycles. The zero-order chi connectivity index (χ0) is 6.85. The average Bonchev–Trinajstić information content (AvgIpc) is 1.59. The van der Waals surface area contributed by atoms with E-state index in [9.17, 15) is 0 Å². The second-order valence-corrected chi connectivity index (χ2v) is 5.56. The van der Waals surface area contributed by atoms with E-state index in [1.54, 1.807) is 0 Å². The Kier molecular flexibility index (Phi) is 2.47. The first-order valence-electron chi connectivity index (χ1n) is 3.05. The molecule has 3 heteroatoms. The summed E-state index contributed by atoms with van der Waals surface area (Å²) in [6, 6.07) is 0. The van der Waals surface area contributed by atoms with Crippen molar-refractivity contribution < 1.29 is 0 Å². The van der Waals surface area contributed by atoms with Crippen molar-refractivity contribution in [1.82, 2.24) is 0 Å². The molecule has 0 bridgehead atoms. The first-order chi connectivity index (χ1) is 4.18. The van der Waals surface area contributed by atoms with Gasteiger partial charge in [0.2, 0.25) is 0 Å². The molecule has 1 nitrogen and oxygen atoms in total. The topological polar surface area (TPSA) is 12.4 Å². The molecular formula is C6H11NS2. The highest BCUT2D eigenvalue weighted by molar-refractivity contribution is 8.25. The minimum atomic E-state index is 0.473. The van der Waals surface area contributed by atoms with Gasteiger partial charge in [-0.2, -0.15) is 0 Å². The molecule has 2 atom stereocenters. The van der Waals surface area contributed by atoms with Gasteiger partial charge in [0.1, 0.15) is 0 Å². The second-order valence-electron chi connectivity index (χ2n) is 2.07. The van der Waals surface area contributed by atoms with Crippen LogP contribution in [0.15, 0.2) is 4.99 Å². The Balaban J connectivity index is 2.56. The summed E-state index contributed by atoms with van der Waals surface area (Å²) < 4.78 is 0.692. The van der Waals surface area contributed by atoms with Crippen molar-refractivity contribution in [3.05, 3.63) is 0 Å². The van der Waals surface area contributed by atoms with E-state index in [-0.39, 0.29) is 0 Å². The molecule has 0 radical (unpaired) electrons. The van der Waals surface area contributed by atoms with Crippen LogP contribution in [-0.2, 0) is 0 Å². The van der Waals surface area contributed by atoms with Gasteiger partial charge in [-0.1, -0.05) is 11.8 Å². The standard InChI is InChI=1S/C6H11NS2/c1-4-7-5(2)9-6(3)8-4/h4,6H,1-3H3/t4-,6-/m1/s1. The van der Waals surface area contributed by atoms with E-state index in [4.69, 9.17) is 0 Å². The molecule has 0 aromatic carbocycles. The van der Waals surface area contributed by atoms with Gasteiger partial charge in [-0.3, -0.25) is 4.99 Å². The van der Waals surface area contributed by atoms with Crippen LogP contribution in [0.3, 0.4) is 0 Å². The maximum absolute atomic E-state index is 4.38. The molecule has 0 saturated carbocycles. The lowest BCUT2D eigenvalue weighted by atomic mass is 10.7. The van der Waals surface area contributed by atoms with Gasteiger partial charge in [0.15, 0.2) is 0 Å². The number of aliphatic imine (C=N–C) groups is 1. The van der Waals surface area contributed by atoms with E-state index >= 15 is 0 Å². The zero-order valence-electron chi connectivity index (χ0n) is 5.92. The monoisotopic (exact) mass is 161 g/mol. The van der Waals surface area contributed by atoms with Crippen LogP contribution in [0.1, 0.15) is 20.8 Å². The van der Waals surface area contributed by atoms with Crippen LogP contribution >= 0.6 is 23.5 Å². The predicted molar refractivity (Wildman–Crippen MR) is 47.2 cm³/mol. The van der Waals surface area contributed by atoms with Crippen molar-refractivity contribution in [3.8, 4) is 0 Å². The van der Waals surface area contributed by atoms with E-state index in [1.807, 2.05) is 23.5 Å². The smallest absolute Gasteiger partial charge is 0.0943 e. The van der Waals surface area contributed by atoms with Crippen molar-refractivity contribution in [2.24, 2.45) is 4.99 Å². The lowest BCUT2D eigenvalue weighted by molar-refractivity contribution is 1.04. The lowest BCUT2D eigenvalue weighted by Crippen LogP contribution is -2.08. The SMILES string of the molecule is CC1=N[C@@H](C)S[C@@H](C)S1. The first-order valence-corrected chi connectivity index (χ1v) is 4.87. The Morgan fingerprint density at radius 3 is 2.56 bits per heavy atom. The number of rotatable bonds is 0. The fourth-order valence-electron chi connectivity index (χ4n) is 0.862. The summed E-state index contributed by atoms with van der Waals surface area (Å²) in [7, 11) is 0. The normalized spacial score (nSPS) is 36.1. The summed E-state index contributed by atoms with van der Waals surface area (Å²) in [5, 5.41) is 1.70. The minimum absolute atomic E-state index is 0.473. The summed E-state index contributed by atoms with van der Waals surface area (Å²) in [6.45, 7) is 6.45. The average molecular weight is 161 g/mol. The van der Waals surface area contributed by atoms with Crippen LogP contribution in [0.5, 0.6) is 0 Å². The molecule has 1 aliphatic heterocycles. The van der Waals surface area contributed by atoms with E-state index in [0.29, 0.717) is 9.96 Å². The lowest BCUT2D eigenvalue weighted by Gasteiger charge is -2.19. The van der Waals surface area contributed by atoms with Crippen molar-refractivity contribution >= 4 is 28.6 Å². The van der Waals surface area contributed by atoms with E-state index < -0.39 is 0 Å². The minimum Gasteiger partial charge on any atom is -0.269 e. The van der Waals surface area contributed by atoms with Crippen molar-refractivity contribution in [2.75, 3.05) is 0 Å². The summed E-state index contributed by atoms with van der Waals surface area (Å²) in [5.74, 6) is 0. The molecule has 1 aliphatic rings. The van der Waals surface area contributed by atoms with Gasteiger partial charge in [0, 0.05) is 0 Å². The molecule has 52 valence electrons. The van der Waals surface area contributed by atoms with Gasteiger partial charge >= 0.3 is 0 Å². The van der Waals surface area contributed by atoms with Crippen LogP contribution < -0.4 is 0 Å². The van der Waals surface area contributed by atoms with E-state index in [2.05, 4.69) is 25.8 Å². The number of thioether (sulfide) groups is 2. The Bertz CT molecular complexity index is 133. The highest BCUT2D eigenvalue weighted by atomic mass is 32.2. The first kappa shape index (κ1) is 7.48. The Morgan fingerprint density at radius 2 is 2.11 bits per heavy atom. The fourth-order valence-corrected chi connectivity index (χ4v) is 3.52. The summed E-state index contributed by atoms with van der Waals surface area (Å²) in [4.78, 5) is 4.38. The quantitative estimate of drug-likeness (QED) is 0.541. The Labute approximate surface area is 64.7 Å². The van der Waals surface area contributed by atoms with Crippen molar-refractivity contribution in [3.63, 3.8) is 0 Å². The molecule has 1 rings (SSSR count). The summed E-state index contributed by atoms with van der Waals surface area (Å²) in [5.41, 5.74) is 0. The molecule has 0 aromatic heterocycles. The zero-order valence-corrected chi connectivity index (χ0v) is 7.55. The molecule has 0 amide bonds. The number of hydrogen-bond donors (Lipinski definition) is 0. The van der Waals surface area contributed by atoms with E-state index in [1.165, 1.54) is 5.04 Å². The highest BCUT2D eigenvalue weighted by Crippen LogP contribution is 2.33. The van der Waals surface area contributed by atoms with Crippen LogP contribution in [0, 0.1) is 0 Å². The van der Waals surface area contributed by atoms with Crippen molar-refractivity contribution in [2.45, 2.75) is 30.7 Å². The van der Waals surface area contributed by atoms with Crippen LogP contribution in [0.25, 0.3) is 0 Å². The summed E-state index contributed by atoms with van der Waals surface area (Å²) >= 11 is 3.78. The largest absolute Gasteiger partial charge is 0.269 e. The molecule has 0 aromatic rings. The number of hydrogen-bond acceptors (Lipinski definition) is 3. The third-order valence-corrected chi connectivity index (χ3v) is 3.37. The predicted octanol–water partition coefficient (Wildman–Crippen LogP) is 2.58. The molecule has 9 heavy (non-hydrogen) atoms. The van der Waals surface area contributed by atoms with Gasteiger partial charge in [0.05, 0.1) is 15.0 Å². The molecule has 0 spiro atoms. The van der Waals surface area contributed by atoms with Gasteiger partial charge in [-0.25, -0.2) is 0 Å². The van der Waals surface area contributed by atoms with Crippen molar-refractivity contribution in [1.29, 1.82) is 0 Å². The maximum Gasteiger partial charge on any atom is 0.0943 e.